The van der Waals surface area contributed by atoms with E-state index in [-0.39, 0.29) is 11.5 Å². The van der Waals surface area contributed by atoms with Crippen molar-refractivity contribution in [2.45, 2.75) is 37.7 Å². The van der Waals surface area contributed by atoms with Gasteiger partial charge >= 0.3 is 0 Å². The summed E-state index contributed by atoms with van der Waals surface area (Å²) in [6.45, 7) is 2.93. The van der Waals surface area contributed by atoms with Crippen molar-refractivity contribution in [3.05, 3.63) is 77.9 Å². The highest BCUT2D eigenvalue weighted by molar-refractivity contribution is 5.49. The van der Waals surface area contributed by atoms with Crippen LogP contribution in [-0.4, -0.2) is 12.2 Å². The maximum Gasteiger partial charge on any atom is 0.126 e. The monoisotopic (exact) mass is 316 g/mol. The molecule has 1 aliphatic rings. The van der Waals surface area contributed by atoms with Crippen LogP contribution in [0.5, 0.6) is 0 Å². The van der Waals surface area contributed by atoms with Crippen molar-refractivity contribution in [1.29, 1.82) is 0 Å². The summed E-state index contributed by atoms with van der Waals surface area (Å²) in [5.74, 6) is 7.08. The molecule has 1 nitrogen and oxygen atoms in total. The quantitative estimate of drug-likeness (QED) is 0.682. The highest BCUT2D eigenvalue weighted by Gasteiger charge is 2.27. The molecule has 1 saturated heterocycles. The summed E-state index contributed by atoms with van der Waals surface area (Å²) in [7, 11) is 0. The number of rotatable bonds is 4. The standard InChI is InChI=1S/C23H24O/c1-23(17-9-19-24-23)18-16-22(21-13-6-3-7-14-21)15-8-12-20-10-4-2-5-11-20/h2-8,10-14,22H,9,15,17,19H2,1H3/b12-8+. The molecule has 2 aromatic carbocycles. The van der Waals surface area contributed by atoms with Gasteiger partial charge < -0.3 is 4.74 Å². The molecule has 2 atom stereocenters. The minimum absolute atomic E-state index is 0.201. The molecule has 0 bridgehead atoms. The fourth-order valence-corrected chi connectivity index (χ4v) is 2.99. The molecule has 122 valence electrons. The maximum atomic E-state index is 5.81. The molecule has 0 radical (unpaired) electrons. The summed E-state index contributed by atoms with van der Waals surface area (Å²) in [4.78, 5) is 0. The van der Waals surface area contributed by atoms with E-state index >= 15 is 0 Å². The van der Waals surface area contributed by atoms with Gasteiger partial charge in [-0.2, -0.15) is 0 Å². The van der Waals surface area contributed by atoms with Crippen LogP contribution < -0.4 is 0 Å². The molecule has 2 aromatic rings. The second-order valence-electron chi connectivity index (χ2n) is 6.46. The molecule has 0 saturated carbocycles. The Kier molecular flexibility index (Phi) is 5.51. The van der Waals surface area contributed by atoms with Gasteiger partial charge in [0, 0.05) is 12.5 Å². The van der Waals surface area contributed by atoms with E-state index < -0.39 is 0 Å². The van der Waals surface area contributed by atoms with Crippen LogP contribution in [0, 0.1) is 11.8 Å². The zero-order valence-electron chi connectivity index (χ0n) is 14.2. The van der Waals surface area contributed by atoms with Gasteiger partial charge in [-0.1, -0.05) is 84.7 Å². The number of hydrogen-bond acceptors (Lipinski definition) is 1. The maximum absolute atomic E-state index is 5.81. The lowest BCUT2D eigenvalue weighted by atomic mass is 9.94. The van der Waals surface area contributed by atoms with Crippen molar-refractivity contribution in [2.24, 2.45) is 0 Å². The molecule has 0 N–H and O–H groups in total. The Hall–Kier alpha value is -2.30. The van der Waals surface area contributed by atoms with Crippen molar-refractivity contribution in [1.82, 2.24) is 0 Å². The summed E-state index contributed by atoms with van der Waals surface area (Å²) in [6.07, 6.45) is 7.43. The molecule has 24 heavy (non-hydrogen) atoms. The first-order valence-electron chi connectivity index (χ1n) is 8.68. The topological polar surface area (TPSA) is 9.23 Å². The summed E-state index contributed by atoms with van der Waals surface area (Å²) in [5.41, 5.74) is 2.23. The Morgan fingerprint density at radius 3 is 2.46 bits per heavy atom. The van der Waals surface area contributed by atoms with E-state index in [9.17, 15) is 0 Å². The first-order valence-corrected chi connectivity index (χ1v) is 8.68. The van der Waals surface area contributed by atoms with Crippen LogP contribution in [0.1, 0.15) is 43.2 Å². The van der Waals surface area contributed by atoms with Crippen molar-refractivity contribution >= 4 is 6.08 Å². The molecule has 0 spiro atoms. The summed E-state index contributed by atoms with van der Waals surface area (Å²) < 4.78 is 5.81. The van der Waals surface area contributed by atoms with Crippen LogP contribution in [0.2, 0.25) is 0 Å². The number of allylic oxidation sites excluding steroid dienone is 1. The third-order valence-electron chi connectivity index (χ3n) is 4.41. The van der Waals surface area contributed by atoms with Gasteiger partial charge in [-0.05, 0) is 37.3 Å². The predicted octanol–water partition coefficient (Wildman–Crippen LogP) is 5.45. The van der Waals surface area contributed by atoms with Crippen molar-refractivity contribution < 1.29 is 4.74 Å². The lowest BCUT2D eigenvalue weighted by Gasteiger charge is -2.16. The first kappa shape index (κ1) is 16.6. The summed E-state index contributed by atoms with van der Waals surface area (Å²) >= 11 is 0. The van der Waals surface area contributed by atoms with Crippen molar-refractivity contribution in [2.75, 3.05) is 6.61 Å². The highest BCUT2D eigenvalue weighted by Crippen LogP contribution is 2.26. The molecule has 1 fully saturated rings. The van der Waals surface area contributed by atoms with E-state index in [2.05, 4.69) is 85.5 Å². The third-order valence-corrected chi connectivity index (χ3v) is 4.41. The minimum Gasteiger partial charge on any atom is -0.363 e. The first-order chi connectivity index (χ1) is 11.8. The third kappa shape index (κ3) is 4.60. The lowest BCUT2D eigenvalue weighted by molar-refractivity contribution is 0.0694. The van der Waals surface area contributed by atoms with Gasteiger partial charge in [-0.15, -0.1) is 0 Å². The van der Waals surface area contributed by atoms with Crippen LogP contribution in [-0.2, 0) is 4.74 Å². The predicted molar refractivity (Wildman–Crippen MR) is 101 cm³/mol. The van der Waals surface area contributed by atoms with Gasteiger partial charge in [0.05, 0.1) is 0 Å². The number of ether oxygens (including phenoxy) is 1. The Labute approximate surface area is 145 Å². The average Bonchev–Trinajstić information content (AvgIpc) is 3.06. The molecular weight excluding hydrogens is 292 g/mol. The molecule has 1 aliphatic heterocycles. The lowest BCUT2D eigenvalue weighted by Crippen LogP contribution is -2.20. The molecule has 0 amide bonds. The van der Waals surface area contributed by atoms with E-state index in [4.69, 9.17) is 4.74 Å². The van der Waals surface area contributed by atoms with E-state index in [1.165, 1.54) is 11.1 Å². The molecule has 0 aromatic heterocycles. The Bertz CT molecular complexity index is 713. The fourth-order valence-electron chi connectivity index (χ4n) is 2.99. The smallest absolute Gasteiger partial charge is 0.126 e. The van der Waals surface area contributed by atoms with Crippen LogP contribution in [0.15, 0.2) is 66.7 Å². The van der Waals surface area contributed by atoms with Gasteiger partial charge in [0.25, 0.3) is 0 Å². The van der Waals surface area contributed by atoms with Crippen molar-refractivity contribution in [3.8, 4) is 11.8 Å². The van der Waals surface area contributed by atoms with E-state index in [0.29, 0.717) is 0 Å². The van der Waals surface area contributed by atoms with Gasteiger partial charge in [-0.3, -0.25) is 0 Å². The molecule has 0 aliphatic carbocycles. The van der Waals surface area contributed by atoms with Crippen LogP contribution in [0.3, 0.4) is 0 Å². The molecule has 3 rings (SSSR count). The molecule has 1 heteroatoms. The zero-order chi connectivity index (χ0) is 16.7. The highest BCUT2D eigenvalue weighted by atomic mass is 16.5. The molecular formula is C23H24O. The average molecular weight is 316 g/mol. The van der Waals surface area contributed by atoms with Crippen LogP contribution in [0.4, 0.5) is 0 Å². The largest absolute Gasteiger partial charge is 0.363 e. The van der Waals surface area contributed by atoms with Crippen LogP contribution in [0.25, 0.3) is 6.08 Å². The Balaban J connectivity index is 1.76. The number of hydrogen-bond donors (Lipinski definition) is 0. The molecule has 2 unspecified atom stereocenters. The van der Waals surface area contributed by atoms with Gasteiger partial charge in [-0.25, -0.2) is 0 Å². The van der Waals surface area contributed by atoms with E-state index in [1.807, 2.05) is 6.07 Å². The second kappa shape index (κ2) is 7.99. The van der Waals surface area contributed by atoms with Gasteiger partial charge in [0.1, 0.15) is 5.60 Å². The second-order valence-corrected chi connectivity index (χ2v) is 6.46. The van der Waals surface area contributed by atoms with E-state index in [1.54, 1.807) is 0 Å². The minimum atomic E-state index is -0.268. The van der Waals surface area contributed by atoms with E-state index in [0.717, 1.165) is 25.9 Å². The van der Waals surface area contributed by atoms with Gasteiger partial charge in [0.15, 0.2) is 0 Å². The van der Waals surface area contributed by atoms with Crippen LogP contribution >= 0.6 is 0 Å². The fraction of sp³-hybridized carbons (Fsp3) is 0.304. The normalized spacial score (nSPS) is 21.4. The van der Waals surface area contributed by atoms with Gasteiger partial charge in [0.2, 0.25) is 0 Å². The zero-order valence-corrected chi connectivity index (χ0v) is 14.2. The number of benzene rings is 2. The SMILES string of the molecule is CC1(C#CC(C/C=C/c2ccccc2)c2ccccc2)CCCO1. The Morgan fingerprint density at radius 1 is 1.08 bits per heavy atom. The summed E-state index contributed by atoms with van der Waals surface area (Å²) in [6, 6.07) is 20.9. The van der Waals surface area contributed by atoms with Crippen molar-refractivity contribution in [3.63, 3.8) is 0 Å². The Morgan fingerprint density at radius 2 is 1.79 bits per heavy atom. The molecule has 1 heterocycles. The summed E-state index contributed by atoms with van der Waals surface area (Å²) in [5, 5.41) is 0.